The lowest BCUT2D eigenvalue weighted by Gasteiger charge is -2.40. The van der Waals surface area contributed by atoms with Crippen LogP contribution in [-0.4, -0.2) is 44.6 Å². The van der Waals surface area contributed by atoms with Crippen molar-refractivity contribution in [2.75, 3.05) is 22.9 Å². The Labute approximate surface area is 186 Å². The van der Waals surface area contributed by atoms with E-state index in [0.29, 0.717) is 0 Å². The Morgan fingerprint density at radius 2 is 1.84 bits per heavy atom. The number of fused-ring (bicyclic) bond motifs is 1. The molecule has 0 aliphatic carbocycles. The van der Waals surface area contributed by atoms with Crippen LogP contribution in [0.2, 0.25) is 0 Å². The van der Waals surface area contributed by atoms with E-state index in [2.05, 4.69) is 26.8 Å². The highest BCUT2D eigenvalue weighted by atomic mass is 19.1. The van der Waals surface area contributed by atoms with E-state index in [1.54, 1.807) is 24.7 Å². The van der Waals surface area contributed by atoms with Crippen LogP contribution in [-0.2, 0) is 11.2 Å². The molecule has 2 aliphatic heterocycles. The van der Waals surface area contributed by atoms with E-state index >= 15 is 0 Å². The summed E-state index contributed by atoms with van der Waals surface area (Å²) >= 11 is 0. The maximum absolute atomic E-state index is 13.7. The monoisotopic (exact) mass is 434 g/mol. The van der Waals surface area contributed by atoms with Gasteiger partial charge >= 0.3 is 0 Å². The molecule has 8 heteroatoms. The van der Waals surface area contributed by atoms with Gasteiger partial charge in [-0.15, -0.1) is 0 Å². The number of hydrogen-bond acceptors (Lipinski definition) is 5. The summed E-state index contributed by atoms with van der Waals surface area (Å²) in [5.74, 6) is 2.39. The zero-order valence-corrected chi connectivity index (χ0v) is 18.4. The first-order valence-electron chi connectivity index (χ1n) is 11.2. The van der Waals surface area contributed by atoms with Gasteiger partial charge in [-0.1, -0.05) is 0 Å². The quantitative estimate of drug-likeness (QED) is 0.629. The van der Waals surface area contributed by atoms with Gasteiger partial charge in [-0.3, -0.25) is 9.36 Å². The molecule has 1 atom stereocenters. The van der Waals surface area contributed by atoms with Crippen molar-refractivity contribution < 1.29 is 9.18 Å². The van der Waals surface area contributed by atoms with Crippen LogP contribution in [0.4, 0.5) is 15.9 Å². The van der Waals surface area contributed by atoms with Gasteiger partial charge in [0.1, 0.15) is 29.6 Å². The largest absolute Gasteiger partial charge is 0.356 e. The molecule has 1 amide bonds. The molecule has 2 aromatic heterocycles. The van der Waals surface area contributed by atoms with Crippen molar-refractivity contribution in [3.05, 3.63) is 60.2 Å². The van der Waals surface area contributed by atoms with E-state index in [1.165, 1.54) is 6.07 Å². The number of nitrogens with zero attached hydrogens (tertiary/aromatic N) is 6. The highest BCUT2D eigenvalue weighted by molar-refractivity contribution is 5.97. The molecule has 0 radical (unpaired) electrons. The number of imidazole rings is 1. The molecule has 32 heavy (non-hydrogen) atoms. The molecule has 1 aromatic carbocycles. The summed E-state index contributed by atoms with van der Waals surface area (Å²) < 4.78 is 15.6. The van der Waals surface area contributed by atoms with Crippen LogP contribution in [0.1, 0.15) is 37.6 Å². The lowest BCUT2D eigenvalue weighted by molar-refractivity contribution is -0.123. The Kier molecular flexibility index (Phi) is 5.36. The topological polar surface area (TPSA) is 67.2 Å². The second-order valence-corrected chi connectivity index (χ2v) is 8.71. The summed E-state index contributed by atoms with van der Waals surface area (Å²) in [6, 6.07) is 6.87. The molecular formula is C24H27FN6O. The number of anilines is 2. The second-order valence-electron chi connectivity index (χ2n) is 8.71. The van der Waals surface area contributed by atoms with Crippen LogP contribution in [0, 0.1) is 18.7 Å². The van der Waals surface area contributed by atoms with Gasteiger partial charge in [0.2, 0.25) is 5.91 Å². The van der Waals surface area contributed by atoms with Crippen LogP contribution < -0.4 is 9.80 Å². The predicted octanol–water partition coefficient (Wildman–Crippen LogP) is 3.69. The zero-order chi connectivity index (χ0) is 22.2. The van der Waals surface area contributed by atoms with Gasteiger partial charge in [0, 0.05) is 49.2 Å². The number of carbonyl (C=O) groups excluding carboxylic acids is 1. The minimum atomic E-state index is -0.242. The lowest BCUT2D eigenvalue weighted by atomic mass is 9.90. The van der Waals surface area contributed by atoms with Crippen molar-refractivity contribution in [2.24, 2.45) is 5.92 Å². The molecule has 0 saturated carbocycles. The number of aryl methyl sites for hydroxylation is 2. The van der Waals surface area contributed by atoms with Crippen molar-refractivity contribution in [2.45, 2.75) is 45.6 Å². The molecular weight excluding hydrogens is 407 g/mol. The average molecular weight is 435 g/mol. The van der Waals surface area contributed by atoms with Gasteiger partial charge in [-0.2, -0.15) is 0 Å². The summed E-state index contributed by atoms with van der Waals surface area (Å²) in [6.45, 7) is 5.54. The van der Waals surface area contributed by atoms with Gasteiger partial charge in [-0.05, 0) is 63.3 Å². The Bertz CT molecular complexity index is 1140. The van der Waals surface area contributed by atoms with Crippen molar-refractivity contribution in [1.82, 2.24) is 19.5 Å². The SMILES string of the molecule is Cc1nccn1-c1cc(N2CCC(C(=O)N3c4ccc(F)cc4CCC3C)CC2)ncn1. The molecule has 0 N–H and O–H groups in total. The fourth-order valence-corrected chi connectivity index (χ4v) is 4.87. The molecule has 0 spiro atoms. The molecule has 3 aromatic rings. The third-order valence-electron chi connectivity index (χ3n) is 6.69. The van der Waals surface area contributed by atoms with E-state index in [4.69, 9.17) is 0 Å². The molecule has 166 valence electrons. The third-order valence-corrected chi connectivity index (χ3v) is 6.69. The molecule has 4 heterocycles. The van der Waals surface area contributed by atoms with Crippen molar-refractivity contribution >= 4 is 17.4 Å². The molecule has 5 rings (SSSR count). The standard InChI is InChI=1S/C24H27FN6O/c1-16-3-4-19-13-20(25)5-6-21(19)31(16)24(32)18-7-10-29(11-8-18)22-14-23(28-15-27-22)30-12-9-26-17(30)2/h5-6,9,12-16,18H,3-4,7-8,10-11H2,1-2H3. The molecule has 1 unspecified atom stereocenters. The first-order valence-corrected chi connectivity index (χ1v) is 11.2. The minimum Gasteiger partial charge on any atom is -0.356 e. The number of rotatable bonds is 3. The van der Waals surface area contributed by atoms with E-state index < -0.39 is 0 Å². The van der Waals surface area contributed by atoms with Gasteiger partial charge in [-0.25, -0.2) is 19.3 Å². The Morgan fingerprint density at radius 1 is 1.06 bits per heavy atom. The molecule has 1 saturated heterocycles. The molecule has 0 bridgehead atoms. The highest BCUT2D eigenvalue weighted by Gasteiger charge is 2.34. The van der Waals surface area contributed by atoms with Crippen molar-refractivity contribution in [1.29, 1.82) is 0 Å². The number of carbonyl (C=O) groups is 1. The third kappa shape index (κ3) is 3.74. The first-order chi connectivity index (χ1) is 15.5. The van der Waals surface area contributed by atoms with Crippen LogP contribution in [0.15, 0.2) is 43.0 Å². The summed E-state index contributed by atoms with van der Waals surface area (Å²) in [6.07, 6.45) is 8.41. The molecule has 7 nitrogen and oxygen atoms in total. The number of aromatic nitrogens is 4. The van der Waals surface area contributed by atoms with E-state index in [9.17, 15) is 9.18 Å². The van der Waals surface area contributed by atoms with Crippen molar-refractivity contribution in [3.63, 3.8) is 0 Å². The second kappa shape index (κ2) is 8.33. The van der Waals surface area contributed by atoms with Gasteiger partial charge < -0.3 is 9.80 Å². The number of amides is 1. The maximum Gasteiger partial charge on any atom is 0.230 e. The summed E-state index contributed by atoms with van der Waals surface area (Å²) in [5, 5.41) is 0. The van der Waals surface area contributed by atoms with Gasteiger partial charge in [0.05, 0.1) is 0 Å². The average Bonchev–Trinajstić information content (AvgIpc) is 3.25. The normalized spacial score (nSPS) is 19.2. The number of hydrogen-bond donors (Lipinski definition) is 0. The zero-order valence-electron chi connectivity index (χ0n) is 18.4. The van der Waals surface area contributed by atoms with E-state index in [0.717, 1.165) is 67.5 Å². The molecule has 1 fully saturated rings. The number of halogens is 1. The fourth-order valence-electron chi connectivity index (χ4n) is 4.87. The van der Waals surface area contributed by atoms with Crippen molar-refractivity contribution in [3.8, 4) is 5.82 Å². The molecule has 2 aliphatic rings. The Balaban J connectivity index is 1.29. The van der Waals surface area contributed by atoms with Crippen LogP contribution in [0.3, 0.4) is 0 Å². The van der Waals surface area contributed by atoms with Crippen LogP contribution >= 0.6 is 0 Å². The predicted molar refractivity (Wildman–Crippen MR) is 120 cm³/mol. The Morgan fingerprint density at radius 3 is 2.59 bits per heavy atom. The van der Waals surface area contributed by atoms with Gasteiger partial charge in [0.15, 0.2) is 0 Å². The number of benzene rings is 1. The smallest absolute Gasteiger partial charge is 0.230 e. The number of piperidine rings is 1. The van der Waals surface area contributed by atoms with Crippen LogP contribution in [0.25, 0.3) is 5.82 Å². The van der Waals surface area contributed by atoms with E-state index in [1.807, 2.05) is 28.7 Å². The summed E-state index contributed by atoms with van der Waals surface area (Å²) in [5.41, 5.74) is 1.80. The fraction of sp³-hybridized carbons (Fsp3) is 0.417. The summed E-state index contributed by atoms with van der Waals surface area (Å²) in [4.78, 5) is 30.7. The minimum absolute atomic E-state index is 0.0399. The first kappa shape index (κ1) is 20.6. The Hall–Kier alpha value is -3.29. The lowest BCUT2D eigenvalue weighted by Crippen LogP contribution is -2.48. The highest BCUT2D eigenvalue weighted by Crippen LogP contribution is 2.34. The maximum atomic E-state index is 13.7. The van der Waals surface area contributed by atoms with E-state index in [-0.39, 0.29) is 23.7 Å². The van der Waals surface area contributed by atoms with Crippen LogP contribution in [0.5, 0.6) is 0 Å². The van der Waals surface area contributed by atoms with Gasteiger partial charge in [0.25, 0.3) is 0 Å². The summed E-state index contributed by atoms with van der Waals surface area (Å²) in [7, 11) is 0.